The van der Waals surface area contributed by atoms with Crippen molar-refractivity contribution < 1.29 is 13.2 Å². The summed E-state index contributed by atoms with van der Waals surface area (Å²) in [6, 6.07) is 0.227. The third-order valence-corrected chi connectivity index (χ3v) is 3.55. The molecule has 1 fully saturated rings. The summed E-state index contributed by atoms with van der Waals surface area (Å²) in [4.78, 5) is 1.61. The van der Waals surface area contributed by atoms with Crippen LogP contribution in [-0.2, 0) is 0 Å². The van der Waals surface area contributed by atoms with E-state index in [1.165, 1.54) is 0 Å². The molecule has 0 saturated heterocycles. The minimum Gasteiger partial charge on any atom is -0.312 e. The Bertz CT molecular complexity index is 267. The molecule has 114 valence electrons. The van der Waals surface area contributed by atoms with Crippen molar-refractivity contribution in [3.05, 3.63) is 0 Å². The first-order chi connectivity index (χ1) is 8.63. The lowest BCUT2D eigenvalue weighted by molar-refractivity contribution is -0.148. The van der Waals surface area contributed by atoms with Crippen LogP contribution in [0.15, 0.2) is 0 Å². The van der Waals surface area contributed by atoms with Crippen LogP contribution in [0.4, 0.5) is 13.2 Å². The van der Waals surface area contributed by atoms with E-state index in [0.717, 1.165) is 25.8 Å². The van der Waals surface area contributed by atoms with E-state index in [0.29, 0.717) is 6.54 Å². The van der Waals surface area contributed by atoms with Crippen molar-refractivity contribution in [2.45, 2.75) is 65.2 Å². The van der Waals surface area contributed by atoms with Crippen LogP contribution in [-0.4, -0.2) is 42.8 Å². The SMILES string of the molecule is CCCNC(CN(CC(F)(F)F)C1CC1)C(C)(C)C. The van der Waals surface area contributed by atoms with Gasteiger partial charge < -0.3 is 5.32 Å². The molecule has 1 atom stereocenters. The zero-order valence-corrected chi connectivity index (χ0v) is 12.5. The van der Waals surface area contributed by atoms with E-state index in [2.05, 4.69) is 33.0 Å². The summed E-state index contributed by atoms with van der Waals surface area (Å²) in [5.41, 5.74) is -0.0338. The van der Waals surface area contributed by atoms with Gasteiger partial charge in [-0.05, 0) is 31.2 Å². The lowest BCUT2D eigenvalue weighted by atomic mass is 9.86. The first kappa shape index (κ1) is 16.8. The molecule has 1 saturated carbocycles. The largest absolute Gasteiger partial charge is 0.401 e. The van der Waals surface area contributed by atoms with Gasteiger partial charge in [0.2, 0.25) is 0 Å². The van der Waals surface area contributed by atoms with Crippen molar-refractivity contribution in [1.29, 1.82) is 0 Å². The van der Waals surface area contributed by atoms with Crippen LogP contribution in [0.3, 0.4) is 0 Å². The Kier molecular flexibility index (Phi) is 5.68. The monoisotopic (exact) mass is 280 g/mol. The second-order valence-electron chi connectivity index (χ2n) is 6.65. The van der Waals surface area contributed by atoms with E-state index in [1.54, 1.807) is 4.90 Å². The van der Waals surface area contributed by atoms with Gasteiger partial charge in [-0.1, -0.05) is 27.7 Å². The average Bonchev–Trinajstić information content (AvgIpc) is 3.02. The zero-order valence-electron chi connectivity index (χ0n) is 12.5. The van der Waals surface area contributed by atoms with Crippen LogP contribution in [0.5, 0.6) is 0 Å². The first-order valence-electron chi connectivity index (χ1n) is 7.17. The van der Waals surface area contributed by atoms with E-state index >= 15 is 0 Å². The van der Waals surface area contributed by atoms with E-state index in [-0.39, 0.29) is 17.5 Å². The van der Waals surface area contributed by atoms with Crippen molar-refractivity contribution in [3.63, 3.8) is 0 Å². The van der Waals surface area contributed by atoms with Crippen LogP contribution < -0.4 is 5.32 Å². The predicted octanol–water partition coefficient (Wildman–Crippen LogP) is 3.43. The second kappa shape index (κ2) is 6.44. The molecule has 1 N–H and O–H groups in total. The third kappa shape index (κ3) is 6.61. The van der Waals surface area contributed by atoms with Gasteiger partial charge in [-0.25, -0.2) is 0 Å². The number of hydrogen-bond donors (Lipinski definition) is 1. The van der Waals surface area contributed by atoms with Gasteiger partial charge in [0, 0.05) is 18.6 Å². The van der Waals surface area contributed by atoms with Crippen molar-refractivity contribution in [1.82, 2.24) is 10.2 Å². The molecular weight excluding hydrogens is 253 g/mol. The molecule has 0 aliphatic heterocycles. The summed E-state index contributed by atoms with van der Waals surface area (Å²) in [6.45, 7) is 8.87. The fourth-order valence-electron chi connectivity index (χ4n) is 2.21. The van der Waals surface area contributed by atoms with Gasteiger partial charge in [0.1, 0.15) is 0 Å². The molecule has 0 amide bonds. The number of hydrogen-bond acceptors (Lipinski definition) is 2. The van der Waals surface area contributed by atoms with Crippen LogP contribution >= 0.6 is 0 Å². The fourth-order valence-corrected chi connectivity index (χ4v) is 2.21. The Labute approximate surface area is 114 Å². The van der Waals surface area contributed by atoms with E-state index in [4.69, 9.17) is 0 Å². The first-order valence-corrected chi connectivity index (χ1v) is 7.17. The minimum absolute atomic E-state index is 0.0338. The maximum atomic E-state index is 12.6. The van der Waals surface area contributed by atoms with Crippen LogP contribution in [0.2, 0.25) is 0 Å². The third-order valence-electron chi connectivity index (χ3n) is 3.55. The highest BCUT2D eigenvalue weighted by molar-refractivity contribution is 4.91. The summed E-state index contributed by atoms with van der Waals surface area (Å²) < 4.78 is 37.9. The van der Waals surface area contributed by atoms with Crippen molar-refractivity contribution in [3.8, 4) is 0 Å². The van der Waals surface area contributed by atoms with Gasteiger partial charge in [0.05, 0.1) is 6.54 Å². The Hall–Kier alpha value is -0.290. The summed E-state index contributed by atoms with van der Waals surface area (Å²) in [7, 11) is 0. The molecule has 5 heteroatoms. The van der Waals surface area contributed by atoms with Gasteiger partial charge in [-0.2, -0.15) is 13.2 Å². The molecule has 1 rings (SSSR count). The topological polar surface area (TPSA) is 15.3 Å². The van der Waals surface area contributed by atoms with Gasteiger partial charge in [-0.3, -0.25) is 4.90 Å². The molecule has 0 bridgehead atoms. The van der Waals surface area contributed by atoms with E-state index in [1.807, 2.05) is 0 Å². The van der Waals surface area contributed by atoms with Crippen LogP contribution in [0.1, 0.15) is 47.0 Å². The smallest absolute Gasteiger partial charge is 0.312 e. The molecule has 0 aromatic carbocycles. The van der Waals surface area contributed by atoms with Gasteiger partial charge >= 0.3 is 6.18 Å². The molecule has 1 aliphatic carbocycles. The normalized spacial score (nSPS) is 18.9. The zero-order chi connectivity index (χ0) is 14.7. The van der Waals surface area contributed by atoms with Crippen LogP contribution in [0, 0.1) is 5.41 Å². The highest BCUT2D eigenvalue weighted by Gasteiger charge is 2.40. The predicted molar refractivity (Wildman–Crippen MR) is 72.2 cm³/mol. The summed E-state index contributed by atoms with van der Waals surface area (Å²) in [5, 5.41) is 3.40. The molecule has 0 aromatic rings. The van der Waals surface area contributed by atoms with Crippen molar-refractivity contribution >= 4 is 0 Å². The lowest BCUT2D eigenvalue weighted by Gasteiger charge is -2.36. The fraction of sp³-hybridized carbons (Fsp3) is 1.00. The second-order valence-corrected chi connectivity index (χ2v) is 6.65. The molecule has 2 nitrogen and oxygen atoms in total. The maximum absolute atomic E-state index is 12.6. The molecule has 1 aliphatic rings. The molecule has 0 radical (unpaired) electrons. The number of nitrogens with one attached hydrogen (secondary N) is 1. The van der Waals surface area contributed by atoms with Crippen molar-refractivity contribution in [2.24, 2.45) is 5.41 Å². The van der Waals surface area contributed by atoms with Gasteiger partial charge in [-0.15, -0.1) is 0 Å². The summed E-state index contributed by atoms with van der Waals surface area (Å²) in [6.07, 6.45) is -1.30. The lowest BCUT2D eigenvalue weighted by Crippen LogP contribution is -2.51. The summed E-state index contributed by atoms with van der Waals surface area (Å²) >= 11 is 0. The maximum Gasteiger partial charge on any atom is 0.401 e. The van der Waals surface area contributed by atoms with E-state index < -0.39 is 12.7 Å². The average molecular weight is 280 g/mol. The highest BCUT2D eigenvalue weighted by atomic mass is 19.4. The molecule has 0 heterocycles. The molecule has 19 heavy (non-hydrogen) atoms. The Morgan fingerprint density at radius 1 is 1.21 bits per heavy atom. The standard InChI is InChI=1S/C14H27F3N2/c1-5-8-18-12(13(2,3)4)9-19(11-6-7-11)10-14(15,16)17/h11-12,18H,5-10H2,1-4H3. The minimum atomic E-state index is -4.10. The number of alkyl halides is 3. The molecule has 0 spiro atoms. The Balaban J connectivity index is 2.62. The number of nitrogens with zero attached hydrogens (tertiary/aromatic N) is 1. The van der Waals surface area contributed by atoms with E-state index in [9.17, 15) is 13.2 Å². The quantitative estimate of drug-likeness (QED) is 0.768. The molecule has 0 aromatic heterocycles. The highest BCUT2D eigenvalue weighted by Crippen LogP contribution is 2.32. The van der Waals surface area contributed by atoms with Gasteiger partial charge in [0.25, 0.3) is 0 Å². The number of rotatable bonds is 7. The van der Waals surface area contributed by atoms with Crippen LogP contribution in [0.25, 0.3) is 0 Å². The number of halogens is 3. The Morgan fingerprint density at radius 3 is 2.16 bits per heavy atom. The van der Waals surface area contributed by atoms with Gasteiger partial charge in [0.15, 0.2) is 0 Å². The van der Waals surface area contributed by atoms with Crippen molar-refractivity contribution in [2.75, 3.05) is 19.6 Å². The molecular formula is C14H27F3N2. The molecule has 1 unspecified atom stereocenters. The Morgan fingerprint density at radius 2 is 1.79 bits per heavy atom. The summed E-state index contributed by atoms with van der Waals surface area (Å²) in [5.74, 6) is 0.